The van der Waals surface area contributed by atoms with Gasteiger partial charge in [-0.3, -0.25) is 4.79 Å². The van der Waals surface area contributed by atoms with Crippen molar-refractivity contribution < 1.29 is 4.79 Å². The molecule has 12 heavy (non-hydrogen) atoms. The molecule has 1 aromatic rings. The van der Waals surface area contributed by atoms with Gasteiger partial charge in [0.1, 0.15) is 0 Å². The van der Waals surface area contributed by atoms with Crippen LogP contribution in [0.1, 0.15) is 6.92 Å². The van der Waals surface area contributed by atoms with E-state index in [1.807, 2.05) is 37.2 Å². The topological polar surface area (TPSA) is 29.1 Å². The zero-order valence-electron chi connectivity index (χ0n) is 7.37. The van der Waals surface area contributed by atoms with E-state index in [2.05, 4.69) is 5.23 Å². The number of benzene rings is 1. The second-order valence-electron chi connectivity index (χ2n) is 2.83. The Kier molecular flexibility index (Phi) is 2.91. The number of hydrogen-bond acceptors (Lipinski definition) is 1. The predicted octanol–water partition coefficient (Wildman–Crippen LogP) is 0.651. The molecule has 1 N–H and O–H groups in total. The quantitative estimate of drug-likeness (QED) is 0.634. The lowest BCUT2D eigenvalue weighted by Gasteiger charge is -2.07. The average molecular weight is 161 g/mol. The minimum atomic E-state index is 0.00588. The van der Waals surface area contributed by atoms with Crippen LogP contribution in [0.15, 0.2) is 30.3 Å². The highest BCUT2D eigenvalue weighted by Crippen LogP contribution is 1.85. The van der Waals surface area contributed by atoms with Gasteiger partial charge in [0, 0.05) is 6.92 Å². The summed E-state index contributed by atoms with van der Waals surface area (Å²) in [4.78, 5) is 10.7. The maximum absolute atomic E-state index is 10.7. The summed E-state index contributed by atoms with van der Waals surface area (Å²) in [7, 11) is 0. The average Bonchev–Trinajstić information content (AvgIpc) is 2.05. The van der Waals surface area contributed by atoms with Crippen molar-refractivity contribution in [1.82, 2.24) is 5.23 Å². The highest BCUT2D eigenvalue weighted by Gasteiger charge is 2.09. The third-order valence-electron chi connectivity index (χ3n) is 1.72. The van der Waals surface area contributed by atoms with Crippen LogP contribution in [0.3, 0.4) is 0 Å². The van der Waals surface area contributed by atoms with E-state index in [0.29, 0.717) is 0 Å². The summed E-state index contributed by atoms with van der Waals surface area (Å²) in [5.41, 5.74) is 1.13. The van der Waals surface area contributed by atoms with Crippen LogP contribution in [0.5, 0.6) is 0 Å². The molecule has 0 bridgehead atoms. The predicted molar refractivity (Wildman–Crippen MR) is 51.5 cm³/mol. The fourth-order valence-corrected chi connectivity index (χ4v) is 1.13. The summed E-state index contributed by atoms with van der Waals surface area (Å²) < 4.78 is 0. The molecule has 0 fully saturated rings. The zero-order valence-corrected chi connectivity index (χ0v) is 7.37. The standard InChI is InChI=1S/C9H12BNO/c1-8(12)11-10(2)9-6-4-3-5-7-9/h3-7H,1-2H3,(H,11,12). The van der Waals surface area contributed by atoms with Crippen LogP contribution in [0, 0.1) is 0 Å². The Morgan fingerprint density at radius 3 is 2.42 bits per heavy atom. The molecule has 1 amide bonds. The van der Waals surface area contributed by atoms with E-state index >= 15 is 0 Å². The summed E-state index contributed by atoms with van der Waals surface area (Å²) >= 11 is 0. The summed E-state index contributed by atoms with van der Waals surface area (Å²) in [6.07, 6.45) is 0. The number of rotatable bonds is 2. The van der Waals surface area contributed by atoms with E-state index in [1.54, 1.807) is 0 Å². The van der Waals surface area contributed by atoms with Crippen LogP contribution in [-0.2, 0) is 4.79 Å². The fourth-order valence-electron chi connectivity index (χ4n) is 1.13. The Morgan fingerprint density at radius 1 is 1.33 bits per heavy atom. The molecule has 1 aromatic carbocycles. The first-order chi connectivity index (χ1) is 5.70. The van der Waals surface area contributed by atoms with Gasteiger partial charge in [-0.25, -0.2) is 0 Å². The first-order valence-electron chi connectivity index (χ1n) is 4.02. The molecule has 0 saturated heterocycles. The van der Waals surface area contributed by atoms with Gasteiger partial charge in [0.2, 0.25) is 5.91 Å². The third kappa shape index (κ3) is 2.42. The van der Waals surface area contributed by atoms with Crippen LogP contribution >= 0.6 is 0 Å². The molecule has 0 aromatic heterocycles. The van der Waals surface area contributed by atoms with Gasteiger partial charge in [0.05, 0.1) is 0 Å². The van der Waals surface area contributed by atoms with Gasteiger partial charge < -0.3 is 5.23 Å². The second kappa shape index (κ2) is 3.95. The molecule has 0 spiro atoms. The fraction of sp³-hybridized carbons (Fsp3) is 0.222. The number of nitrogens with one attached hydrogen (secondary N) is 1. The van der Waals surface area contributed by atoms with Crippen molar-refractivity contribution in [3.05, 3.63) is 30.3 Å². The van der Waals surface area contributed by atoms with E-state index in [1.165, 1.54) is 6.92 Å². The Bertz CT molecular complexity index is 260. The van der Waals surface area contributed by atoms with Crippen molar-refractivity contribution in [2.45, 2.75) is 13.7 Å². The Balaban J connectivity index is 2.65. The lowest BCUT2D eigenvalue weighted by Crippen LogP contribution is -2.44. The van der Waals surface area contributed by atoms with Crippen molar-refractivity contribution >= 4 is 18.2 Å². The van der Waals surface area contributed by atoms with Gasteiger partial charge >= 0.3 is 0 Å². The van der Waals surface area contributed by atoms with Crippen LogP contribution < -0.4 is 10.7 Å². The molecule has 0 aliphatic heterocycles. The van der Waals surface area contributed by atoms with Gasteiger partial charge in [0.15, 0.2) is 0 Å². The highest BCUT2D eigenvalue weighted by atomic mass is 16.1. The van der Waals surface area contributed by atoms with Gasteiger partial charge in [-0.15, -0.1) is 0 Å². The van der Waals surface area contributed by atoms with Crippen molar-refractivity contribution in [3.8, 4) is 0 Å². The summed E-state index contributed by atoms with van der Waals surface area (Å²) in [6, 6.07) is 9.90. The van der Waals surface area contributed by atoms with E-state index in [9.17, 15) is 4.79 Å². The van der Waals surface area contributed by atoms with Crippen molar-refractivity contribution in [2.75, 3.05) is 0 Å². The molecule has 0 unspecified atom stereocenters. The lowest BCUT2D eigenvalue weighted by molar-refractivity contribution is -0.117. The van der Waals surface area contributed by atoms with Crippen LogP contribution in [0.25, 0.3) is 0 Å². The summed E-state index contributed by atoms with van der Waals surface area (Å²) in [5, 5.41) is 2.82. The van der Waals surface area contributed by atoms with Crippen LogP contribution in [0.2, 0.25) is 6.82 Å². The normalized spacial score (nSPS) is 9.17. The molecule has 0 aliphatic rings. The molecule has 0 saturated carbocycles. The van der Waals surface area contributed by atoms with E-state index in [-0.39, 0.29) is 12.8 Å². The minimum absolute atomic E-state index is 0.00588. The van der Waals surface area contributed by atoms with Crippen LogP contribution in [0.4, 0.5) is 0 Å². The Morgan fingerprint density at radius 2 is 1.92 bits per heavy atom. The monoisotopic (exact) mass is 161 g/mol. The van der Waals surface area contributed by atoms with Gasteiger partial charge in [-0.1, -0.05) is 42.6 Å². The molecular weight excluding hydrogens is 149 g/mol. The molecule has 0 aliphatic carbocycles. The smallest absolute Gasteiger partial charge is 0.285 e. The van der Waals surface area contributed by atoms with E-state index in [4.69, 9.17) is 0 Å². The second-order valence-corrected chi connectivity index (χ2v) is 2.83. The van der Waals surface area contributed by atoms with Crippen molar-refractivity contribution in [3.63, 3.8) is 0 Å². The third-order valence-corrected chi connectivity index (χ3v) is 1.72. The highest BCUT2D eigenvalue weighted by molar-refractivity contribution is 6.71. The Labute approximate surface area is 73.1 Å². The molecular formula is C9H12BNO. The largest absolute Gasteiger partial charge is 0.395 e. The van der Waals surface area contributed by atoms with Gasteiger partial charge in [-0.05, 0) is 0 Å². The van der Waals surface area contributed by atoms with Crippen molar-refractivity contribution in [2.24, 2.45) is 0 Å². The molecule has 0 atom stereocenters. The van der Waals surface area contributed by atoms with Crippen LogP contribution in [-0.4, -0.2) is 12.8 Å². The maximum Gasteiger partial charge on any atom is 0.285 e. The number of amides is 1. The molecule has 0 heterocycles. The number of carbonyl (C=O) groups is 1. The first kappa shape index (κ1) is 8.85. The molecule has 3 heteroatoms. The SMILES string of the molecule is CB(NC(C)=O)c1ccccc1. The molecule has 2 nitrogen and oxygen atoms in total. The molecule has 0 radical (unpaired) electrons. The molecule has 62 valence electrons. The Hall–Kier alpha value is -1.25. The van der Waals surface area contributed by atoms with E-state index in [0.717, 1.165) is 5.46 Å². The zero-order chi connectivity index (χ0) is 8.97. The van der Waals surface area contributed by atoms with Gasteiger partial charge in [-0.2, -0.15) is 0 Å². The van der Waals surface area contributed by atoms with Crippen molar-refractivity contribution in [1.29, 1.82) is 0 Å². The number of hydrogen-bond donors (Lipinski definition) is 1. The maximum atomic E-state index is 10.7. The lowest BCUT2D eigenvalue weighted by atomic mass is 9.58. The minimum Gasteiger partial charge on any atom is -0.395 e. The summed E-state index contributed by atoms with van der Waals surface area (Å²) in [6.45, 7) is 3.60. The van der Waals surface area contributed by atoms with Gasteiger partial charge in [0.25, 0.3) is 6.85 Å². The molecule has 1 rings (SSSR count). The van der Waals surface area contributed by atoms with E-state index < -0.39 is 0 Å². The number of carbonyl (C=O) groups excluding carboxylic acids is 1. The summed E-state index contributed by atoms with van der Waals surface area (Å²) in [5.74, 6) is 0.00588. The first-order valence-corrected chi connectivity index (χ1v) is 4.02.